The summed E-state index contributed by atoms with van der Waals surface area (Å²) in [5.74, 6) is 0.587. The molecule has 0 spiro atoms. The highest BCUT2D eigenvalue weighted by molar-refractivity contribution is 5.75. The van der Waals surface area contributed by atoms with Gasteiger partial charge in [0.2, 0.25) is 0 Å². The lowest BCUT2D eigenvalue weighted by Crippen LogP contribution is -2.39. The molecule has 4 heteroatoms. The number of hydrogen-bond donors (Lipinski definition) is 1. The van der Waals surface area contributed by atoms with Crippen LogP contribution in [0.25, 0.3) is 0 Å². The normalized spacial score (nSPS) is 22.1. The molecule has 0 aromatic heterocycles. The molecule has 0 amide bonds. The van der Waals surface area contributed by atoms with Gasteiger partial charge in [-0.25, -0.2) is 0 Å². The molecule has 0 aromatic rings. The van der Waals surface area contributed by atoms with Crippen LogP contribution < -0.4 is 5.32 Å². The number of methoxy groups -OCH3 is 1. The molecule has 4 nitrogen and oxygen atoms in total. The third kappa shape index (κ3) is 4.58. The summed E-state index contributed by atoms with van der Waals surface area (Å²) in [7, 11) is 1.45. The lowest BCUT2D eigenvalue weighted by atomic mass is 10.1. The van der Waals surface area contributed by atoms with Gasteiger partial charge in [-0.2, -0.15) is 0 Å². The number of nitrogens with one attached hydrogen (secondary N) is 1. The van der Waals surface area contributed by atoms with Gasteiger partial charge in [0.15, 0.2) is 0 Å². The highest BCUT2D eigenvalue weighted by atomic mass is 16.5. The minimum absolute atomic E-state index is 0.161. The van der Waals surface area contributed by atoms with Crippen molar-refractivity contribution < 1.29 is 14.3 Å². The molecule has 2 fully saturated rings. The fourth-order valence-electron chi connectivity index (χ4n) is 2.57. The molecule has 0 bridgehead atoms. The van der Waals surface area contributed by atoms with Gasteiger partial charge in [-0.05, 0) is 38.0 Å². The largest absolute Gasteiger partial charge is 0.468 e. The number of carbonyl (C=O) groups is 1. The molecule has 2 aliphatic rings. The van der Waals surface area contributed by atoms with Crippen LogP contribution in [0.2, 0.25) is 0 Å². The molecule has 0 aromatic carbocycles. The number of esters is 1. The van der Waals surface area contributed by atoms with Gasteiger partial charge in [0.05, 0.1) is 7.11 Å². The van der Waals surface area contributed by atoms with Crippen molar-refractivity contribution in [2.75, 3.05) is 20.3 Å². The smallest absolute Gasteiger partial charge is 0.322 e. The molecule has 1 unspecified atom stereocenters. The van der Waals surface area contributed by atoms with Crippen molar-refractivity contribution >= 4 is 5.97 Å². The molecule has 0 aliphatic heterocycles. The predicted molar refractivity (Wildman–Crippen MR) is 69.4 cm³/mol. The van der Waals surface area contributed by atoms with E-state index in [2.05, 4.69) is 5.32 Å². The van der Waals surface area contributed by atoms with E-state index >= 15 is 0 Å². The van der Waals surface area contributed by atoms with Crippen LogP contribution in [0.1, 0.15) is 44.9 Å². The number of hydrogen-bond acceptors (Lipinski definition) is 4. The summed E-state index contributed by atoms with van der Waals surface area (Å²) >= 11 is 0. The summed E-state index contributed by atoms with van der Waals surface area (Å²) in [5, 5.41) is 3.32. The Morgan fingerprint density at radius 1 is 1.28 bits per heavy atom. The summed E-state index contributed by atoms with van der Waals surface area (Å²) in [4.78, 5) is 11.6. The molecule has 1 atom stereocenters. The quantitative estimate of drug-likeness (QED) is 0.531. The van der Waals surface area contributed by atoms with Crippen LogP contribution in [0.3, 0.4) is 0 Å². The van der Waals surface area contributed by atoms with Gasteiger partial charge in [0.1, 0.15) is 6.04 Å². The van der Waals surface area contributed by atoms with E-state index in [1.54, 1.807) is 0 Å². The van der Waals surface area contributed by atoms with Crippen molar-refractivity contribution in [3.63, 3.8) is 0 Å². The Kier molecular flexibility index (Phi) is 5.45. The van der Waals surface area contributed by atoms with E-state index < -0.39 is 0 Å². The Morgan fingerprint density at radius 2 is 2.00 bits per heavy atom. The molecule has 1 N–H and O–H groups in total. The van der Waals surface area contributed by atoms with Crippen molar-refractivity contribution in [3.8, 4) is 0 Å². The van der Waals surface area contributed by atoms with Gasteiger partial charge in [-0.1, -0.05) is 12.8 Å². The van der Waals surface area contributed by atoms with Gasteiger partial charge in [0.25, 0.3) is 0 Å². The van der Waals surface area contributed by atoms with Gasteiger partial charge >= 0.3 is 5.97 Å². The van der Waals surface area contributed by atoms with Crippen LogP contribution in [0, 0.1) is 5.92 Å². The zero-order chi connectivity index (χ0) is 12.8. The first kappa shape index (κ1) is 13.8. The van der Waals surface area contributed by atoms with Crippen LogP contribution in [-0.4, -0.2) is 38.4 Å². The van der Waals surface area contributed by atoms with E-state index in [-0.39, 0.29) is 12.0 Å². The molecule has 2 aliphatic carbocycles. The van der Waals surface area contributed by atoms with Gasteiger partial charge in [-0.3, -0.25) is 4.79 Å². The van der Waals surface area contributed by atoms with Crippen LogP contribution in [0.15, 0.2) is 0 Å². The molecular weight excluding hydrogens is 230 g/mol. The summed E-state index contributed by atoms with van der Waals surface area (Å²) in [5.41, 5.74) is 0. The Balaban J connectivity index is 1.59. The maximum absolute atomic E-state index is 11.6. The molecule has 0 saturated heterocycles. The average molecular weight is 255 g/mol. The standard InChI is InChI=1S/C14H25NO3/c1-17-14(16)13(15-12-6-7-12)8-9-18-10-11-4-2-3-5-11/h11-13,15H,2-10H2,1H3. The van der Waals surface area contributed by atoms with Crippen molar-refractivity contribution in [1.82, 2.24) is 5.32 Å². The van der Waals surface area contributed by atoms with E-state index in [4.69, 9.17) is 9.47 Å². The lowest BCUT2D eigenvalue weighted by Gasteiger charge is -2.17. The fourth-order valence-corrected chi connectivity index (χ4v) is 2.57. The zero-order valence-corrected chi connectivity index (χ0v) is 11.3. The van der Waals surface area contributed by atoms with Crippen molar-refractivity contribution in [3.05, 3.63) is 0 Å². The highest BCUT2D eigenvalue weighted by Gasteiger charge is 2.28. The topological polar surface area (TPSA) is 47.6 Å². The van der Waals surface area contributed by atoms with Crippen LogP contribution in [0.5, 0.6) is 0 Å². The minimum atomic E-state index is -0.189. The molecule has 2 rings (SSSR count). The molecule has 0 heterocycles. The lowest BCUT2D eigenvalue weighted by molar-refractivity contribution is -0.143. The Labute approximate surface area is 109 Å². The van der Waals surface area contributed by atoms with Crippen molar-refractivity contribution in [2.45, 2.75) is 57.0 Å². The first-order valence-electron chi connectivity index (χ1n) is 7.21. The monoisotopic (exact) mass is 255 g/mol. The summed E-state index contributed by atoms with van der Waals surface area (Å²) in [6.45, 7) is 1.51. The van der Waals surface area contributed by atoms with E-state index in [1.807, 2.05) is 0 Å². The SMILES string of the molecule is COC(=O)C(CCOCC1CCCC1)NC1CC1. The van der Waals surface area contributed by atoms with Crippen molar-refractivity contribution in [1.29, 1.82) is 0 Å². The molecule has 18 heavy (non-hydrogen) atoms. The zero-order valence-electron chi connectivity index (χ0n) is 11.3. The van der Waals surface area contributed by atoms with E-state index in [0.29, 0.717) is 12.6 Å². The van der Waals surface area contributed by atoms with E-state index in [1.165, 1.54) is 45.6 Å². The van der Waals surface area contributed by atoms with Gasteiger partial charge in [-0.15, -0.1) is 0 Å². The molecule has 0 radical (unpaired) electrons. The average Bonchev–Trinajstić information content (AvgIpc) is 3.05. The highest BCUT2D eigenvalue weighted by Crippen LogP contribution is 2.25. The third-order valence-corrected chi connectivity index (χ3v) is 3.88. The van der Waals surface area contributed by atoms with E-state index in [0.717, 1.165) is 18.9 Å². The Hall–Kier alpha value is -0.610. The molecular formula is C14H25NO3. The number of rotatable bonds is 8. The van der Waals surface area contributed by atoms with E-state index in [9.17, 15) is 4.79 Å². The van der Waals surface area contributed by atoms with Gasteiger partial charge < -0.3 is 14.8 Å². The first-order valence-corrected chi connectivity index (χ1v) is 7.21. The predicted octanol–water partition coefficient (Wildman–Crippen LogP) is 1.88. The van der Waals surface area contributed by atoms with Crippen LogP contribution in [0.4, 0.5) is 0 Å². The van der Waals surface area contributed by atoms with Crippen LogP contribution in [-0.2, 0) is 14.3 Å². The molecule has 2 saturated carbocycles. The fraction of sp³-hybridized carbons (Fsp3) is 0.929. The second kappa shape index (κ2) is 7.10. The Morgan fingerprint density at radius 3 is 2.61 bits per heavy atom. The minimum Gasteiger partial charge on any atom is -0.468 e. The summed E-state index contributed by atoms with van der Waals surface area (Å²) < 4.78 is 10.5. The van der Waals surface area contributed by atoms with Crippen LogP contribution >= 0.6 is 0 Å². The maximum atomic E-state index is 11.6. The Bertz CT molecular complexity index is 260. The second-order valence-corrected chi connectivity index (χ2v) is 5.53. The summed E-state index contributed by atoms with van der Waals surface area (Å²) in [6, 6.07) is 0.329. The van der Waals surface area contributed by atoms with Gasteiger partial charge in [0, 0.05) is 19.3 Å². The summed E-state index contributed by atoms with van der Waals surface area (Å²) in [6.07, 6.45) is 8.38. The second-order valence-electron chi connectivity index (χ2n) is 5.53. The molecule has 104 valence electrons. The van der Waals surface area contributed by atoms with Crippen molar-refractivity contribution in [2.24, 2.45) is 5.92 Å². The number of ether oxygens (including phenoxy) is 2. The first-order chi connectivity index (χ1) is 8.79. The number of carbonyl (C=O) groups excluding carboxylic acids is 1. The maximum Gasteiger partial charge on any atom is 0.322 e. The third-order valence-electron chi connectivity index (χ3n) is 3.88.